The smallest absolute Gasteiger partial charge is 0.258 e. The summed E-state index contributed by atoms with van der Waals surface area (Å²) in [6.45, 7) is 0.806. The predicted octanol–water partition coefficient (Wildman–Crippen LogP) is 4.96. The number of anilines is 1. The molecule has 0 atom stereocenters. The van der Waals surface area contributed by atoms with Gasteiger partial charge in [-0.05, 0) is 49.2 Å². The van der Waals surface area contributed by atoms with E-state index in [-0.39, 0.29) is 11.3 Å². The fourth-order valence-corrected chi connectivity index (χ4v) is 3.66. The summed E-state index contributed by atoms with van der Waals surface area (Å²) in [6, 6.07) is 8.46. The Morgan fingerprint density at radius 2 is 1.89 bits per heavy atom. The molecular weight excluding hydrogens is 430 g/mol. The number of rotatable bonds is 3. The summed E-state index contributed by atoms with van der Waals surface area (Å²) >= 11 is 3.14. The molecule has 0 unspecified atom stereocenters. The number of aromatic nitrogens is 3. The monoisotopic (exact) mass is 446 g/mol. The second-order valence-electron chi connectivity index (χ2n) is 6.68. The van der Waals surface area contributed by atoms with Crippen molar-refractivity contribution in [2.45, 2.75) is 32.2 Å². The molecule has 1 N–H and O–H groups in total. The lowest BCUT2D eigenvalue weighted by molar-refractivity contribution is 0.102. The van der Waals surface area contributed by atoms with Crippen LogP contribution in [0.3, 0.4) is 0 Å². The van der Waals surface area contributed by atoms with E-state index in [1.54, 1.807) is 12.1 Å². The highest BCUT2D eigenvalue weighted by Gasteiger charge is 2.19. The van der Waals surface area contributed by atoms with Crippen LogP contribution in [0.1, 0.15) is 35.4 Å². The third kappa shape index (κ3) is 3.69. The summed E-state index contributed by atoms with van der Waals surface area (Å²) in [6.07, 6.45) is 4.10. The first-order chi connectivity index (χ1) is 13.5. The Morgan fingerprint density at radius 3 is 2.71 bits per heavy atom. The first-order valence-electron chi connectivity index (χ1n) is 9.01. The number of hydrogen-bond acceptors (Lipinski definition) is 3. The van der Waals surface area contributed by atoms with Crippen LogP contribution in [0.2, 0.25) is 0 Å². The molecule has 5 nitrogen and oxygen atoms in total. The van der Waals surface area contributed by atoms with Gasteiger partial charge in [0.05, 0.1) is 11.3 Å². The molecule has 0 fully saturated rings. The summed E-state index contributed by atoms with van der Waals surface area (Å²) in [5.41, 5.74) is 0.453. The van der Waals surface area contributed by atoms with Crippen molar-refractivity contribution in [1.82, 2.24) is 14.8 Å². The molecular formula is C20H17BrF2N4O. The molecule has 1 amide bonds. The van der Waals surface area contributed by atoms with E-state index in [0.29, 0.717) is 15.9 Å². The molecule has 28 heavy (non-hydrogen) atoms. The minimum atomic E-state index is -0.721. The lowest BCUT2D eigenvalue weighted by Gasteiger charge is -2.11. The lowest BCUT2D eigenvalue weighted by Crippen LogP contribution is -2.15. The van der Waals surface area contributed by atoms with Gasteiger partial charge in [0.2, 0.25) is 0 Å². The van der Waals surface area contributed by atoms with Gasteiger partial charge in [-0.3, -0.25) is 4.79 Å². The zero-order chi connectivity index (χ0) is 19.7. The second kappa shape index (κ2) is 7.79. The average molecular weight is 447 g/mol. The fraction of sp³-hybridized carbons (Fsp3) is 0.250. The molecule has 8 heteroatoms. The van der Waals surface area contributed by atoms with Crippen LogP contribution in [0.4, 0.5) is 14.5 Å². The zero-order valence-corrected chi connectivity index (χ0v) is 16.5. The summed E-state index contributed by atoms with van der Waals surface area (Å²) in [4.78, 5) is 12.4. The molecule has 1 aliphatic heterocycles. The van der Waals surface area contributed by atoms with Gasteiger partial charge in [0.15, 0.2) is 5.82 Å². The first-order valence-corrected chi connectivity index (χ1v) is 9.80. The van der Waals surface area contributed by atoms with E-state index in [9.17, 15) is 13.6 Å². The van der Waals surface area contributed by atoms with E-state index >= 15 is 0 Å². The van der Waals surface area contributed by atoms with E-state index in [2.05, 4.69) is 31.4 Å². The number of amides is 1. The van der Waals surface area contributed by atoms with Gasteiger partial charge in [-0.1, -0.05) is 22.4 Å². The zero-order valence-electron chi connectivity index (χ0n) is 14.9. The molecule has 4 rings (SSSR count). The van der Waals surface area contributed by atoms with Gasteiger partial charge >= 0.3 is 0 Å². The average Bonchev–Trinajstić information content (AvgIpc) is 2.91. The third-order valence-corrected chi connectivity index (χ3v) is 5.25. The third-order valence-electron chi connectivity index (χ3n) is 4.76. The molecule has 3 aromatic rings. The van der Waals surface area contributed by atoms with E-state index < -0.39 is 17.5 Å². The Bertz CT molecular complexity index is 1050. The van der Waals surface area contributed by atoms with Gasteiger partial charge in [0.25, 0.3) is 5.91 Å². The van der Waals surface area contributed by atoms with Crippen LogP contribution in [-0.4, -0.2) is 20.7 Å². The lowest BCUT2D eigenvalue weighted by atomic mass is 10.1. The SMILES string of the molecule is O=C(Nc1cc(-c2nnc3n2CCCCC3)ccc1F)c1ccc(Br)cc1F. The predicted molar refractivity (Wildman–Crippen MR) is 105 cm³/mol. The largest absolute Gasteiger partial charge is 0.319 e. The van der Waals surface area contributed by atoms with Crippen LogP contribution in [0.25, 0.3) is 11.4 Å². The van der Waals surface area contributed by atoms with Gasteiger partial charge in [-0.15, -0.1) is 10.2 Å². The van der Waals surface area contributed by atoms with Crippen molar-refractivity contribution in [3.63, 3.8) is 0 Å². The molecule has 144 valence electrons. The van der Waals surface area contributed by atoms with Gasteiger partial charge in [-0.2, -0.15) is 0 Å². The number of fused-ring (bicyclic) bond motifs is 1. The maximum absolute atomic E-state index is 14.3. The van der Waals surface area contributed by atoms with E-state index in [0.717, 1.165) is 38.1 Å². The second-order valence-corrected chi connectivity index (χ2v) is 7.59. The number of halogens is 3. The van der Waals surface area contributed by atoms with Gasteiger partial charge < -0.3 is 9.88 Å². The van der Waals surface area contributed by atoms with Gasteiger partial charge in [-0.25, -0.2) is 8.78 Å². The van der Waals surface area contributed by atoms with Crippen LogP contribution >= 0.6 is 15.9 Å². The summed E-state index contributed by atoms with van der Waals surface area (Å²) in [5, 5.41) is 11.0. The Hall–Kier alpha value is -2.61. The number of benzene rings is 2. The summed E-state index contributed by atoms with van der Waals surface area (Å²) in [5.74, 6) is -0.459. The Kier molecular flexibility index (Phi) is 5.21. The van der Waals surface area contributed by atoms with Crippen molar-refractivity contribution in [1.29, 1.82) is 0 Å². The molecule has 0 bridgehead atoms. The number of nitrogens with one attached hydrogen (secondary N) is 1. The van der Waals surface area contributed by atoms with Crippen LogP contribution in [0.15, 0.2) is 40.9 Å². The highest BCUT2D eigenvalue weighted by Crippen LogP contribution is 2.27. The Morgan fingerprint density at radius 1 is 1.04 bits per heavy atom. The summed E-state index contributed by atoms with van der Waals surface area (Å²) in [7, 11) is 0. The van der Waals surface area contributed by atoms with Gasteiger partial charge in [0, 0.05) is 23.0 Å². The molecule has 0 saturated carbocycles. The molecule has 0 spiro atoms. The topological polar surface area (TPSA) is 59.8 Å². The quantitative estimate of drug-likeness (QED) is 0.617. The Labute approximate surface area is 168 Å². The number of carbonyl (C=O) groups is 1. The normalized spacial score (nSPS) is 13.7. The molecule has 0 saturated heterocycles. The van der Waals surface area contributed by atoms with Crippen LogP contribution in [0, 0.1) is 11.6 Å². The number of nitrogens with zero attached hydrogens (tertiary/aromatic N) is 3. The summed E-state index contributed by atoms with van der Waals surface area (Å²) < 4.78 is 30.9. The molecule has 0 aliphatic carbocycles. The number of hydrogen-bond donors (Lipinski definition) is 1. The first kappa shape index (κ1) is 18.7. The van der Waals surface area contributed by atoms with Crippen LogP contribution in [-0.2, 0) is 13.0 Å². The van der Waals surface area contributed by atoms with Crippen molar-refractivity contribution in [3.8, 4) is 11.4 Å². The molecule has 2 aromatic carbocycles. The molecule has 1 aliphatic rings. The minimum Gasteiger partial charge on any atom is -0.319 e. The van der Waals surface area contributed by atoms with E-state index in [4.69, 9.17) is 0 Å². The maximum atomic E-state index is 14.3. The molecule has 1 aromatic heterocycles. The van der Waals surface area contributed by atoms with Gasteiger partial charge in [0.1, 0.15) is 17.5 Å². The van der Waals surface area contributed by atoms with Crippen LogP contribution in [0.5, 0.6) is 0 Å². The molecule has 2 heterocycles. The van der Waals surface area contributed by atoms with Crippen molar-refractivity contribution in [2.24, 2.45) is 0 Å². The standard InChI is InChI=1S/C20H17BrF2N4O/c21-13-6-7-14(16(23)11-13)20(28)24-17-10-12(5-8-15(17)22)19-26-25-18-4-2-1-3-9-27(18)19/h5-8,10-11H,1-4,9H2,(H,24,28). The van der Waals surface area contributed by atoms with Crippen molar-refractivity contribution in [3.05, 3.63) is 63.9 Å². The fourth-order valence-electron chi connectivity index (χ4n) is 3.32. The maximum Gasteiger partial charge on any atom is 0.258 e. The van der Waals surface area contributed by atoms with Crippen molar-refractivity contribution >= 4 is 27.5 Å². The minimum absolute atomic E-state index is 0.0317. The van der Waals surface area contributed by atoms with Crippen molar-refractivity contribution in [2.75, 3.05) is 5.32 Å². The number of carbonyl (C=O) groups excluding carboxylic acids is 1. The molecule has 0 radical (unpaired) electrons. The van der Waals surface area contributed by atoms with E-state index in [1.807, 2.05) is 4.57 Å². The Balaban J connectivity index is 1.65. The van der Waals surface area contributed by atoms with E-state index in [1.165, 1.54) is 24.3 Å². The van der Waals surface area contributed by atoms with Crippen LogP contribution < -0.4 is 5.32 Å². The number of aryl methyl sites for hydroxylation is 1. The van der Waals surface area contributed by atoms with Crippen molar-refractivity contribution < 1.29 is 13.6 Å². The highest BCUT2D eigenvalue weighted by molar-refractivity contribution is 9.10. The highest BCUT2D eigenvalue weighted by atomic mass is 79.9.